The molecule has 17 heavy (non-hydrogen) atoms. The first kappa shape index (κ1) is 12.5. The molecule has 1 unspecified atom stereocenters. The quantitative estimate of drug-likeness (QED) is 0.554. The van der Waals surface area contributed by atoms with E-state index >= 15 is 0 Å². The van der Waals surface area contributed by atoms with E-state index in [1.807, 2.05) is 0 Å². The van der Waals surface area contributed by atoms with Crippen LogP contribution in [0.3, 0.4) is 0 Å². The monoisotopic (exact) mass is 267 g/mol. The molecule has 2 rings (SSSR count). The first-order valence-electron chi connectivity index (χ1n) is 5.13. The molecule has 94 valence electrons. The Morgan fingerprint density at radius 1 is 1.29 bits per heavy atom. The number of benzene rings is 1. The highest BCUT2D eigenvalue weighted by molar-refractivity contribution is 6.21. The maximum atomic E-state index is 13.6. The van der Waals surface area contributed by atoms with E-state index in [2.05, 4.69) is 0 Å². The summed E-state index contributed by atoms with van der Waals surface area (Å²) in [6.45, 7) is 1.03. The van der Waals surface area contributed by atoms with Crippen molar-refractivity contribution in [2.24, 2.45) is 0 Å². The Balaban J connectivity index is 2.26. The predicted molar refractivity (Wildman–Crippen MR) is 57.9 cm³/mol. The zero-order valence-corrected chi connectivity index (χ0v) is 9.52. The lowest BCUT2D eigenvalue weighted by Crippen LogP contribution is -2.21. The van der Waals surface area contributed by atoms with Gasteiger partial charge in [0, 0.05) is 13.1 Å². The van der Waals surface area contributed by atoms with Crippen LogP contribution in [0.25, 0.3) is 0 Å². The number of rotatable bonds is 1. The van der Waals surface area contributed by atoms with Gasteiger partial charge in [0.2, 0.25) is 0 Å². The van der Waals surface area contributed by atoms with Crippen LogP contribution in [0.1, 0.15) is 12.0 Å². The summed E-state index contributed by atoms with van der Waals surface area (Å²) in [5.74, 6) is -0.856. The smallest absolute Gasteiger partial charge is 0.368 e. The molecular weight excluding hydrogens is 258 g/mol. The van der Waals surface area contributed by atoms with Gasteiger partial charge in [-0.15, -0.1) is 11.6 Å². The highest BCUT2D eigenvalue weighted by Gasteiger charge is 2.32. The molecule has 1 fully saturated rings. The Morgan fingerprint density at radius 2 is 2.00 bits per heavy atom. The van der Waals surface area contributed by atoms with Crippen molar-refractivity contribution in [3.8, 4) is 0 Å². The van der Waals surface area contributed by atoms with Crippen LogP contribution in [0, 0.1) is 5.82 Å². The van der Waals surface area contributed by atoms with Gasteiger partial charge in [-0.2, -0.15) is 13.2 Å². The molecule has 0 bridgehead atoms. The highest BCUT2D eigenvalue weighted by Crippen LogP contribution is 2.33. The van der Waals surface area contributed by atoms with Crippen LogP contribution in [-0.4, -0.2) is 18.5 Å². The summed E-state index contributed by atoms with van der Waals surface area (Å²) in [6, 6.07) is 2.57. The summed E-state index contributed by atoms with van der Waals surface area (Å²) in [7, 11) is 0. The maximum Gasteiger partial charge on any atom is 0.416 e. The molecule has 1 nitrogen and oxygen atoms in total. The van der Waals surface area contributed by atoms with Gasteiger partial charge >= 0.3 is 6.18 Å². The molecule has 1 aromatic carbocycles. The van der Waals surface area contributed by atoms with Gasteiger partial charge in [0.15, 0.2) is 0 Å². The lowest BCUT2D eigenvalue weighted by atomic mass is 10.2. The Hall–Kier alpha value is -0.970. The number of halogens is 5. The van der Waals surface area contributed by atoms with Crippen molar-refractivity contribution in [3.05, 3.63) is 29.6 Å². The number of hydrogen-bond donors (Lipinski definition) is 0. The second-order valence-corrected chi connectivity index (χ2v) is 4.61. The third-order valence-corrected chi connectivity index (χ3v) is 3.10. The van der Waals surface area contributed by atoms with Crippen molar-refractivity contribution >= 4 is 17.3 Å². The molecule has 1 aromatic rings. The van der Waals surface area contributed by atoms with E-state index in [0.717, 1.165) is 12.1 Å². The molecule has 0 saturated carbocycles. The second-order valence-electron chi connectivity index (χ2n) is 4.00. The summed E-state index contributed by atoms with van der Waals surface area (Å²) < 4.78 is 50.6. The highest BCUT2D eigenvalue weighted by atomic mass is 35.5. The Labute approximate surface area is 101 Å². The summed E-state index contributed by atoms with van der Waals surface area (Å²) in [4.78, 5) is 1.66. The van der Waals surface area contributed by atoms with Crippen molar-refractivity contribution < 1.29 is 17.6 Å². The molecule has 1 aliphatic heterocycles. The minimum absolute atomic E-state index is 0.0725. The van der Waals surface area contributed by atoms with E-state index in [1.165, 1.54) is 0 Å². The van der Waals surface area contributed by atoms with E-state index in [9.17, 15) is 17.6 Å². The fourth-order valence-corrected chi connectivity index (χ4v) is 2.14. The summed E-state index contributed by atoms with van der Waals surface area (Å²) >= 11 is 5.87. The first-order chi connectivity index (χ1) is 7.88. The minimum atomic E-state index is -4.51. The van der Waals surface area contributed by atoms with Gasteiger partial charge in [0.1, 0.15) is 5.82 Å². The molecule has 0 aliphatic carbocycles. The third kappa shape index (κ3) is 2.65. The molecule has 0 radical (unpaired) electrons. The van der Waals surface area contributed by atoms with E-state index in [0.29, 0.717) is 25.6 Å². The Bertz CT molecular complexity index is 418. The van der Waals surface area contributed by atoms with Gasteiger partial charge in [0.05, 0.1) is 16.6 Å². The van der Waals surface area contributed by atoms with E-state index in [4.69, 9.17) is 11.6 Å². The fraction of sp³-hybridized carbons (Fsp3) is 0.455. The molecule has 1 aliphatic rings. The lowest BCUT2D eigenvalue weighted by molar-refractivity contribution is -0.137. The minimum Gasteiger partial charge on any atom is -0.368 e. The van der Waals surface area contributed by atoms with Gasteiger partial charge in [-0.05, 0) is 24.6 Å². The molecule has 1 saturated heterocycles. The Kier molecular flexibility index (Phi) is 3.21. The van der Waals surface area contributed by atoms with E-state index in [1.54, 1.807) is 4.90 Å². The van der Waals surface area contributed by atoms with Gasteiger partial charge < -0.3 is 4.90 Å². The molecule has 6 heteroatoms. The molecule has 1 heterocycles. The first-order valence-corrected chi connectivity index (χ1v) is 5.57. The van der Waals surface area contributed by atoms with Gasteiger partial charge in [-0.1, -0.05) is 0 Å². The third-order valence-electron chi connectivity index (χ3n) is 2.75. The van der Waals surface area contributed by atoms with Gasteiger partial charge in [0.25, 0.3) is 0 Å². The lowest BCUT2D eigenvalue weighted by Gasteiger charge is -2.19. The van der Waals surface area contributed by atoms with Crippen LogP contribution in [0.5, 0.6) is 0 Å². The predicted octanol–water partition coefficient (Wildman–Crippen LogP) is 3.66. The summed E-state index contributed by atoms with van der Waals surface area (Å²) in [5.41, 5.74) is -0.790. The normalized spacial score (nSPS) is 21.0. The zero-order chi connectivity index (χ0) is 12.6. The number of nitrogens with zero attached hydrogens (tertiary/aromatic N) is 1. The number of alkyl halides is 4. The van der Waals surface area contributed by atoms with Crippen LogP contribution in [0.2, 0.25) is 0 Å². The molecule has 0 amide bonds. The van der Waals surface area contributed by atoms with Crippen LogP contribution in [0.15, 0.2) is 18.2 Å². The zero-order valence-electron chi connectivity index (χ0n) is 8.77. The number of anilines is 1. The average molecular weight is 268 g/mol. The van der Waals surface area contributed by atoms with Crippen molar-refractivity contribution in [1.29, 1.82) is 0 Å². The Morgan fingerprint density at radius 3 is 2.47 bits per heavy atom. The van der Waals surface area contributed by atoms with Gasteiger partial charge in [-0.25, -0.2) is 4.39 Å². The van der Waals surface area contributed by atoms with Gasteiger partial charge in [-0.3, -0.25) is 0 Å². The molecule has 0 spiro atoms. The second kappa shape index (κ2) is 4.37. The maximum absolute atomic E-state index is 13.6. The fourth-order valence-electron chi connectivity index (χ4n) is 1.88. The van der Waals surface area contributed by atoms with Crippen LogP contribution in [-0.2, 0) is 6.18 Å². The average Bonchev–Trinajstić information content (AvgIpc) is 2.63. The van der Waals surface area contributed by atoms with Crippen LogP contribution in [0.4, 0.5) is 23.2 Å². The van der Waals surface area contributed by atoms with Crippen molar-refractivity contribution in [3.63, 3.8) is 0 Å². The van der Waals surface area contributed by atoms with Crippen LogP contribution >= 0.6 is 11.6 Å². The topological polar surface area (TPSA) is 3.24 Å². The van der Waals surface area contributed by atoms with Crippen molar-refractivity contribution in [1.82, 2.24) is 0 Å². The molecular formula is C11H10ClF4N. The van der Waals surface area contributed by atoms with E-state index < -0.39 is 17.6 Å². The summed E-state index contributed by atoms with van der Waals surface area (Å²) in [6.07, 6.45) is -3.80. The molecule has 1 atom stereocenters. The van der Waals surface area contributed by atoms with Crippen molar-refractivity contribution in [2.75, 3.05) is 18.0 Å². The van der Waals surface area contributed by atoms with Crippen molar-refractivity contribution in [2.45, 2.75) is 18.0 Å². The number of hydrogen-bond acceptors (Lipinski definition) is 1. The SMILES string of the molecule is Fc1cc(C(F)(F)F)ccc1N1CCC(Cl)C1. The molecule has 0 N–H and O–H groups in total. The summed E-state index contributed by atoms with van der Waals surface area (Å²) in [5, 5.41) is -0.0725. The standard InChI is InChI=1S/C11H10ClF4N/c12-8-3-4-17(6-8)10-2-1-7(5-9(10)13)11(14,15)16/h1-2,5,8H,3-4,6H2. The van der Waals surface area contributed by atoms with Crippen LogP contribution < -0.4 is 4.90 Å². The largest absolute Gasteiger partial charge is 0.416 e. The van der Waals surface area contributed by atoms with E-state index in [-0.39, 0.29) is 11.1 Å². The molecule has 0 aromatic heterocycles.